The molecule has 3 nitrogen and oxygen atoms in total. The molecule has 1 aromatic rings. The number of hydrogen-bond donors (Lipinski definition) is 0. The maximum absolute atomic E-state index is 12.7. The molecule has 6 heteroatoms. The Morgan fingerprint density at radius 1 is 1.32 bits per heavy atom. The molecule has 1 saturated heterocycles. The monoisotopic (exact) mass is 274 g/mol. The van der Waals surface area contributed by atoms with E-state index in [1.165, 1.54) is 0 Å². The molecule has 0 aromatic carbocycles. The fourth-order valence-electron chi connectivity index (χ4n) is 2.66. The molecule has 1 atom stereocenters. The highest BCUT2D eigenvalue weighted by molar-refractivity contribution is 5.14. The Labute approximate surface area is 109 Å². The van der Waals surface area contributed by atoms with Crippen LogP contribution in [0, 0.1) is 5.92 Å². The molecule has 3 rings (SSSR count). The van der Waals surface area contributed by atoms with Gasteiger partial charge < -0.3 is 4.52 Å². The first-order valence-corrected chi connectivity index (χ1v) is 6.77. The summed E-state index contributed by atoms with van der Waals surface area (Å²) in [6, 6.07) is 1.90. The third kappa shape index (κ3) is 3.11. The highest BCUT2D eigenvalue weighted by Gasteiger charge is 2.41. The van der Waals surface area contributed by atoms with Crippen molar-refractivity contribution in [3.63, 3.8) is 0 Å². The Morgan fingerprint density at radius 3 is 2.79 bits per heavy atom. The molecule has 0 N–H and O–H groups in total. The van der Waals surface area contributed by atoms with Gasteiger partial charge in [-0.05, 0) is 32.2 Å². The summed E-state index contributed by atoms with van der Waals surface area (Å²) < 4.78 is 43.4. The summed E-state index contributed by atoms with van der Waals surface area (Å²) in [5.74, 6) is 0.181. The summed E-state index contributed by atoms with van der Waals surface area (Å²) in [6.07, 6.45) is -0.978. The van der Waals surface area contributed by atoms with E-state index >= 15 is 0 Å². The van der Waals surface area contributed by atoms with Crippen molar-refractivity contribution in [3.8, 4) is 0 Å². The van der Waals surface area contributed by atoms with Gasteiger partial charge in [0.2, 0.25) is 0 Å². The SMILES string of the molecule is FC(F)(F)C1CCCN(Cc2cc(C3CC3)on2)C1. The number of aromatic nitrogens is 1. The van der Waals surface area contributed by atoms with E-state index in [1.807, 2.05) is 11.0 Å². The zero-order chi connectivity index (χ0) is 13.5. The Balaban J connectivity index is 1.59. The molecule has 1 aliphatic carbocycles. The van der Waals surface area contributed by atoms with Crippen LogP contribution in [-0.4, -0.2) is 29.3 Å². The van der Waals surface area contributed by atoms with Crippen molar-refractivity contribution in [2.24, 2.45) is 5.92 Å². The van der Waals surface area contributed by atoms with Crippen molar-refractivity contribution >= 4 is 0 Å². The minimum absolute atomic E-state index is 0.0785. The Hall–Kier alpha value is -1.04. The molecule has 0 spiro atoms. The number of likely N-dealkylation sites (tertiary alicyclic amines) is 1. The molecular formula is C13H17F3N2O. The van der Waals surface area contributed by atoms with Crippen LogP contribution in [0.15, 0.2) is 10.6 Å². The molecule has 2 fully saturated rings. The van der Waals surface area contributed by atoms with Crippen LogP contribution < -0.4 is 0 Å². The van der Waals surface area contributed by atoms with Gasteiger partial charge in [0.1, 0.15) is 5.76 Å². The lowest BCUT2D eigenvalue weighted by atomic mass is 9.97. The average Bonchev–Trinajstić information content (AvgIpc) is 3.10. The van der Waals surface area contributed by atoms with Gasteiger partial charge in [-0.25, -0.2) is 0 Å². The van der Waals surface area contributed by atoms with Crippen LogP contribution in [0.1, 0.15) is 43.1 Å². The van der Waals surface area contributed by atoms with E-state index in [0.29, 0.717) is 25.4 Å². The van der Waals surface area contributed by atoms with Crippen LogP contribution in [0.2, 0.25) is 0 Å². The summed E-state index contributed by atoms with van der Waals surface area (Å²) >= 11 is 0. The smallest absolute Gasteiger partial charge is 0.361 e. The van der Waals surface area contributed by atoms with Crippen LogP contribution >= 0.6 is 0 Å². The van der Waals surface area contributed by atoms with E-state index in [0.717, 1.165) is 24.3 Å². The van der Waals surface area contributed by atoms with Crippen molar-refractivity contribution in [1.29, 1.82) is 0 Å². The van der Waals surface area contributed by atoms with Gasteiger partial charge in [0.05, 0.1) is 11.6 Å². The molecule has 19 heavy (non-hydrogen) atoms. The number of hydrogen-bond acceptors (Lipinski definition) is 3. The predicted molar refractivity (Wildman–Crippen MR) is 62.5 cm³/mol. The Bertz CT molecular complexity index is 439. The number of halogens is 3. The van der Waals surface area contributed by atoms with Gasteiger partial charge >= 0.3 is 6.18 Å². The summed E-state index contributed by atoms with van der Waals surface area (Å²) in [4.78, 5) is 1.83. The third-order valence-electron chi connectivity index (χ3n) is 3.91. The van der Waals surface area contributed by atoms with Crippen molar-refractivity contribution < 1.29 is 17.7 Å². The Morgan fingerprint density at radius 2 is 2.11 bits per heavy atom. The van der Waals surface area contributed by atoms with Gasteiger partial charge in [-0.1, -0.05) is 5.16 Å². The van der Waals surface area contributed by atoms with Crippen LogP contribution in [0.3, 0.4) is 0 Å². The fourth-order valence-corrected chi connectivity index (χ4v) is 2.66. The minimum Gasteiger partial charge on any atom is -0.361 e. The van der Waals surface area contributed by atoms with Gasteiger partial charge in [0, 0.05) is 25.1 Å². The molecule has 1 unspecified atom stereocenters. The van der Waals surface area contributed by atoms with Gasteiger partial charge in [-0.2, -0.15) is 13.2 Å². The maximum atomic E-state index is 12.7. The molecule has 0 amide bonds. The summed E-state index contributed by atoms with van der Waals surface area (Å²) in [7, 11) is 0. The van der Waals surface area contributed by atoms with Gasteiger partial charge in [0.15, 0.2) is 0 Å². The lowest BCUT2D eigenvalue weighted by molar-refractivity contribution is -0.187. The van der Waals surface area contributed by atoms with E-state index < -0.39 is 12.1 Å². The highest BCUT2D eigenvalue weighted by Crippen LogP contribution is 2.40. The van der Waals surface area contributed by atoms with E-state index in [-0.39, 0.29) is 13.0 Å². The summed E-state index contributed by atoms with van der Waals surface area (Å²) in [6.45, 7) is 1.25. The van der Waals surface area contributed by atoms with Crippen LogP contribution in [0.4, 0.5) is 13.2 Å². The van der Waals surface area contributed by atoms with E-state index in [9.17, 15) is 13.2 Å². The Kier molecular flexibility index (Phi) is 3.28. The topological polar surface area (TPSA) is 29.3 Å². The standard InChI is InChI=1S/C13H17F3N2O/c14-13(15,16)10-2-1-5-18(7-10)8-11-6-12(19-17-11)9-3-4-9/h6,9-10H,1-5,7-8H2. The molecule has 1 aliphatic heterocycles. The zero-order valence-corrected chi connectivity index (χ0v) is 10.6. The molecular weight excluding hydrogens is 257 g/mol. The molecule has 0 radical (unpaired) electrons. The maximum Gasteiger partial charge on any atom is 0.393 e. The molecule has 2 heterocycles. The first kappa shape index (κ1) is 13.0. The lowest BCUT2D eigenvalue weighted by Crippen LogP contribution is -2.41. The second-order valence-corrected chi connectivity index (χ2v) is 5.61. The fraction of sp³-hybridized carbons (Fsp3) is 0.769. The van der Waals surface area contributed by atoms with Gasteiger partial charge in [0.25, 0.3) is 0 Å². The molecule has 106 valence electrons. The largest absolute Gasteiger partial charge is 0.393 e. The van der Waals surface area contributed by atoms with Gasteiger partial charge in [-0.3, -0.25) is 4.90 Å². The zero-order valence-electron chi connectivity index (χ0n) is 10.6. The highest BCUT2D eigenvalue weighted by atomic mass is 19.4. The average molecular weight is 274 g/mol. The van der Waals surface area contributed by atoms with Crippen LogP contribution in [-0.2, 0) is 6.54 Å². The van der Waals surface area contributed by atoms with Crippen LogP contribution in [0.25, 0.3) is 0 Å². The lowest BCUT2D eigenvalue weighted by Gasteiger charge is -2.33. The normalized spacial score (nSPS) is 25.7. The third-order valence-corrected chi connectivity index (χ3v) is 3.91. The van der Waals surface area contributed by atoms with E-state index in [2.05, 4.69) is 5.16 Å². The number of alkyl halides is 3. The molecule has 1 saturated carbocycles. The number of nitrogens with zero attached hydrogens (tertiary/aromatic N) is 2. The number of rotatable bonds is 3. The van der Waals surface area contributed by atoms with E-state index in [1.54, 1.807) is 0 Å². The molecule has 2 aliphatic rings. The second kappa shape index (κ2) is 4.81. The van der Waals surface area contributed by atoms with Crippen molar-refractivity contribution in [3.05, 3.63) is 17.5 Å². The summed E-state index contributed by atoms with van der Waals surface area (Å²) in [5, 5.41) is 3.96. The first-order chi connectivity index (χ1) is 9.02. The van der Waals surface area contributed by atoms with Crippen LogP contribution in [0.5, 0.6) is 0 Å². The van der Waals surface area contributed by atoms with Crippen molar-refractivity contribution in [1.82, 2.24) is 10.1 Å². The molecule has 0 bridgehead atoms. The predicted octanol–water partition coefficient (Wildman–Crippen LogP) is 3.33. The number of piperidine rings is 1. The van der Waals surface area contributed by atoms with Gasteiger partial charge in [-0.15, -0.1) is 0 Å². The minimum atomic E-state index is -4.08. The van der Waals surface area contributed by atoms with E-state index in [4.69, 9.17) is 4.52 Å². The first-order valence-electron chi connectivity index (χ1n) is 6.77. The molecule has 1 aromatic heterocycles. The second-order valence-electron chi connectivity index (χ2n) is 5.61. The van der Waals surface area contributed by atoms with Crippen molar-refractivity contribution in [2.45, 2.75) is 44.3 Å². The van der Waals surface area contributed by atoms with Crippen molar-refractivity contribution in [2.75, 3.05) is 13.1 Å². The summed E-state index contributed by atoms with van der Waals surface area (Å²) in [5.41, 5.74) is 0.754. The quantitative estimate of drug-likeness (QED) is 0.846.